The molecule has 3 heteroatoms. The molecule has 0 amide bonds. The molecular formula is C13H19BrN2. The van der Waals surface area contributed by atoms with E-state index in [0.717, 1.165) is 16.9 Å². The lowest BCUT2D eigenvalue weighted by atomic mass is 10.00. The van der Waals surface area contributed by atoms with E-state index in [9.17, 15) is 0 Å². The molecule has 1 aromatic heterocycles. The minimum Gasteiger partial charge on any atom is -0.297 e. The summed E-state index contributed by atoms with van der Waals surface area (Å²) in [6, 6.07) is 2.15. The summed E-state index contributed by atoms with van der Waals surface area (Å²) in [5.74, 6) is 0.838. The van der Waals surface area contributed by atoms with Gasteiger partial charge in [-0.2, -0.15) is 0 Å². The second-order valence-corrected chi connectivity index (χ2v) is 5.82. The Morgan fingerprint density at radius 1 is 1.56 bits per heavy atom. The second kappa shape index (κ2) is 5.28. The molecule has 1 aromatic rings. The quantitative estimate of drug-likeness (QED) is 0.827. The molecule has 1 unspecified atom stereocenters. The molecule has 1 aliphatic heterocycles. The van der Waals surface area contributed by atoms with Gasteiger partial charge in [0.25, 0.3) is 0 Å². The van der Waals surface area contributed by atoms with Gasteiger partial charge in [0, 0.05) is 23.8 Å². The van der Waals surface area contributed by atoms with Gasteiger partial charge in [0.2, 0.25) is 0 Å². The molecule has 0 N–H and O–H groups in total. The molecule has 16 heavy (non-hydrogen) atoms. The molecule has 1 fully saturated rings. The maximum Gasteiger partial charge on any atom is 0.0573 e. The Balaban J connectivity index is 2.02. The van der Waals surface area contributed by atoms with Gasteiger partial charge in [-0.3, -0.25) is 9.88 Å². The van der Waals surface area contributed by atoms with Crippen LogP contribution < -0.4 is 0 Å². The van der Waals surface area contributed by atoms with Crippen LogP contribution in [-0.2, 0) is 6.54 Å². The summed E-state index contributed by atoms with van der Waals surface area (Å²) in [5, 5.41) is 0. The highest BCUT2D eigenvalue weighted by Gasteiger charge is 2.17. The van der Waals surface area contributed by atoms with Gasteiger partial charge >= 0.3 is 0 Å². The van der Waals surface area contributed by atoms with Crippen LogP contribution in [0.25, 0.3) is 0 Å². The van der Waals surface area contributed by atoms with Crippen molar-refractivity contribution in [3.05, 3.63) is 28.0 Å². The van der Waals surface area contributed by atoms with Crippen molar-refractivity contribution in [1.82, 2.24) is 9.88 Å². The summed E-state index contributed by atoms with van der Waals surface area (Å²) >= 11 is 3.45. The van der Waals surface area contributed by atoms with Gasteiger partial charge in [0.05, 0.1) is 5.69 Å². The molecule has 0 spiro atoms. The van der Waals surface area contributed by atoms with Crippen molar-refractivity contribution < 1.29 is 0 Å². The fourth-order valence-corrected chi connectivity index (χ4v) is 2.82. The maximum atomic E-state index is 4.51. The van der Waals surface area contributed by atoms with Crippen molar-refractivity contribution in [3.8, 4) is 0 Å². The van der Waals surface area contributed by atoms with Crippen LogP contribution >= 0.6 is 15.9 Å². The van der Waals surface area contributed by atoms with Gasteiger partial charge in [-0.15, -0.1) is 0 Å². The lowest BCUT2D eigenvalue weighted by Gasteiger charge is -2.30. The summed E-state index contributed by atoms with van der Waals surface area (Å²) in [5.41, 5.74) is 2.50. The van der Waals surface area contributed by atoms with E-state index in [-0.39, 0.29) is 0 Å². The maximum absolute atomic E-state index is 4.51. The Morgan fingerprint density at radius 2 is 2.38 bits per heavy atom. The third-order valence-corrected chi connectivity index (χ3v) is 3.70. The van der Waals surface area contributed by atoms with Crippen LogP contribution in [0.5, 0.6) is 0 Å². The lowest BCUT2D eigenvalue weighted by molar-refractivity contribution is 0.174. The van der Waals surface area contributed by atoms with Crippen LogP contribution in [0.15, 0.2) is 16.7 Å². The molecule has 0 aliphatic carbocycles. The van der Waals surface area contributed by atoms with E-state index < -0.39 is 0 Å². The van der Waals surface area contributed by atoms with Crippen molar-refractivity contribution in [3.63, 3.8) is 0 Å². The first-order chi connectivity index (χ1) is 7.65. The lowest BCUT2D eigenvalue weighted by Crippen LogP contribution is -2.34. The highest BCUT2D eigenvalue weighted by molar-refractivity contribution is 9.10. The molecule has 2 rings (SSSR count). The molecule has 0 saturated carbocycles. The van der Waals surface area contributed by atoms with Gasteiger partial charge < -0.3 is 0 Å². The van der Waals surface area contributed by atoms with Gasteiger partial charge in [0.1, 0.15) is 0 Å². The average molecular weight is 283 g/mol. The number of pyridine rings is 1. The standard InChI is InChI=1S/C13H19BrN2/c1-10-4-3-5-16(8-10)9-13-11(2)6-12(14)7-15-13/h6-7,10H,3-5,8-9H2,1-2H3. The predicted octanol–water partition coefficient (Wildman–Crippen LogP) is 3.38. The Hall–Kier alpha value is -0.410. The number of hydrogen-bond donors (Lipinski definition) is 0. The van der Waals surface area contributed by atoms with Gasteiger partial charge in [-0.25, -0.2) is 0 Å². The molecule has 1 aliphatic rings. The number of aryl methyl sites for hydroxylation is 1. The topological polar surface area (TPSA) is 16.1 Å². The number of nitrogens with zero attached hydrogens (tertiary/aromatic N) is 2. The summed E-state index contributed by atoms with van der Waals surface area (Å²) in [6.07, 6.45) is 4.61. The van der Waals surface area contributed by atoms with Crippen molar-refractivity contribution >= 4 is 15.9 Å². The molecule has 0 aromatic carbocycles. The van der Waals surface area contributed by atoms with Crippen LogP contribution in [0.3, 0.4) is 0 Å². The van der Waals surface area contributed by atoms with Crippen LogP contribution in [0, 0.1) is 12.8 Å². The summed E-state index contributed by atoms with van der Waals surface area (Å²) in [6.45, 7) is 7.93. The van der Waals surface area contributed by atoms with Crippen LogP contribution in [0.4, 0.5) is 0 Å². The van der Waals surface area contributed by atoms with E-state index in [1.165, 1.54) is 37.2 Å². The third kappa shape index (κ3) is 3.05. The van der Waals surface area contributed by atoms with Crippen molar-refractivity contribution in [2.75, 3.05) is 13.1 Å². The normalized spacial score (nSPS) is 22.3. The molecule has 1 atom stereocenters. The van der Waals surface area contributed by atoms with Crippen LogP contribution in [-0.4, -0.2) is 23.0 Å². The fourth-order valence-electron chi connectivity index (χ4n) is 2.38. The number of hydrogen-bond acceptors (Lipinski definition) is 2. The Bertz CT molecular complexity index is 365. The van der Waals surface area contributed by atoms with Crippen LogP contribution in [0.1, 0.15) is 31.0 Å². The average Bonchev–Trinajstić information content (AvgIpc) is 2.22. The fraction of sp³-hybridized carbons (Fsp3) is 0.615. The Kier molecular flexibility index (Phi) is 3.98. The van der Waals surface area contributed by atoms with E-state index >= 15 is 0 Å². The van der Waals surface area contributed by atoms with Crippen molar-refractivity contribution in [2.45, 2.75) is 33.2 Å². The van der Waals surface area contributed by atoms with E-state index in [1.54, 1.807) is 0 Å². The minimum atomic E-state index is 0.838. The van der Waals surface area contributed by atoms with E-state index in [4.69, 9.17) is 0 Å². The Morgan fingerprint density at radius 3 is 3.06 bits per heavy atom. The van der Waals surface area contributed by atoms with Crippen molar-refractivity contribution in [2.24, 2.45) is 5.92 Å². The van der Waals surface area contributed by atoms with Crippen LogP contribution in [0.2, 0.25) is 0 Å². The number of likely N-dealkylation sites (tertiary alicyclic amines) is 1. The molecule has 2 nitrogen and oxygen atoms in total. The first-order valence-electron chi connectivity index (χ1n) is 5.98. The highest BCUT2D eigenvalue weighted by Crippen LogP contribution is 2.19. The molecule has 88 valence electrons. The smallest absolute Gasteiger partial charge is 0.0573 e. The number of piperidine rings is 1. The minimum absolute atomic E-state index is 0.838. The zero-order chi connectivity index (χ0) is 11.5. The van der Waals surface area contributed by atoms with E-state index in [2.05, 4.69) is 45.7 Å². The summed E-state index contributed by atoms with van der Waals surface area (Å²) in [4.78, 5) is 7.03. The molecule has 2 heterocycles. The first kappa shape index (κ1) is 12.1. The molecule has 0 radical (unpaired) electrons. The van der Waals surface area contributed by atoms with Gasteiger partial charge in [-0.05, 0) is 59.8 Å². The third-order valence-electron chi connectivity index (χ3n) is 3.27. The number of aromatic nitrogens is 1. The molecular weight excluding hydrogens is 264 g/mol. The summed E-state index contributed by atoms with van der Waals surface area (Å²) in [7, 11) is 0. The predicted molar refractivity (Wildman–Crippen MR) is 70.3 cm³/mol. The summed E-state index contributed by atoms with van der Waals surface area (Å²) < 4.78 is 1.07. The highest BCUT2D eigenvalue weighted by atomic mass is 79.9. The van der Waals surface area contributed by atoms with Gasteiger partial charge in [0.15, 0.2) is 0 Å². The first-order valence-corrected chi connectivity index (χ1v) is 6.78. The number of halogens is 1. The number of rotatable bonds is 2. The largest absolute Gasteiger partial charge is 0.297 e. The van der Waals surface area contributed by atoms with Gasteiger partial charge in [-0.1, -0.05) is 6.92 Å². The second-order valence-electron chi connectivity index (χ2n) is 4.90. The monoisotopic (exact) mass is 282 g/mol. The SMILES string of the molecule is Cc1cc(Br)cnc1CN1CCCC(C)C1. The van der Waals surface area contributed by atoms with E-state index in [1.807, 2.05) is 6.20 Å². The zero-order valence-electron chi connectivity index (χ0n) is 10.0. The van der Waals surface area contributed by atoms with E-state index in [0.29, 0.717) is 0 Å². The zero-order valence-corrected chi connectivity index (χ0v) is 11.6. The van der Waals surface area contributed by atoms with Crippen molar-refractivity contribution in [1.29, 1.82) is 0 Å². The Labute approximate surface area is 106 Å². The molecule has 0 bridgehead atoms. The molecule has 1 saturated heterocycles.